The Hall–Kier alpha value is -1.13. The highest BCUT2D eigenvalue weighted by atomic mass is 16.5. The van der Waals surface area contributed by atoms with E-state index in [9.17, 15) is 0 Å². The zero-order valence-electron chi connectivity index (χ0n) is 12.1. The quantitative estimate of drug-likeness (QED) is 0.783. The first-order chi connectivity index (χ1) is 9.11. The van der Waals surface area contributed by atoms with Crippen LogP contribution in [0.15, 0.2) is 18.3 Å². The van der Waals surface area contributed by atoms with E-state index in [0.29, 0.717) is 12.6 Å². The van der Waals surface area contributed by atoms with Gasteiger partial charge in [0.2, 0.25) is 5.88 Å². The van der Waals surface area contributed by atoms with Gasteiger partial charge in [-0.3, -0.25) is 0 Å². The molecular weight excluding hydrogens is 240 g/mol. The summed E-state index contributed by atoms with van der Waals surface area (Å²) < 4.78 is 11.2. The molecule has 0 saturated heterocycles. The van der Waals surface area contributed by atoms with Gasteiger partial charge in [0.1, 0.15) is 0 Å². The Balaban J connectivity index is 1.84. The van der Waals surface area contributed by atoms with E-state index in [-0.39, 0.29) is 5.60 Å². The van der Waals surface area contributed by atoms with Gasteiger partial charge in [-0.25, -0.2) is 4.98 Å². The number of nitrogens with zero attached hydrogens (tertiary/aromatic N) is 1. The average molecular weight is 264 g/mol. The van der Waals surface area contributed by atoms with Gasteiger partial charge in [0.25, 0.3) is 0 Å². The fraction of sp³-hybridized carbons (Fsp3) is 0.667. The van der Waals surface area contributed by atoms with Gasteiger partial charge in [0, 0.05) is 37.9 Å². The van der Waals surface area contributed by atoms with Crippen LogP contribution in [0.25, 0.3) is 0 Å². The van der Waals surface area contributed by atoms with Crippen LogP contribution in [-0.2, 0) is 11.3 Å². The molecule has 0 aromatic carbocycles. The van der Waals surface area contributed by atoms with Crippen molar-refractivity contribution < 1.29 is 9.47 Å². The fourth-order valence-electron chi connectivity index (χ4n) is 1.73. The summed E-state index contributed by atoms with van der Waals surface area (Å²) in [5.74, 6) is 0.738. The first kappa shape index (κ1) is 14.3. The molecule has 1 aliphatic rings. The Kier molecular flexibility index (Phi) is 4.77. The molecular formula is C15H24N2O2. The highest BCUT2D eigenvalue weighted by Gasteiger charge is 2.21. The van der Waals surface area contributed by atoms with E-state index >= 15 is 0 Å². The molecule has 19 heavy (non-hydrogen) atoms. The highest BCUT2D eigenvalue weighted by Crippen LogP contribution is 2.22. The topological polar surface area (TPSA) is 43.4 Å². The molecule has 4 heteroatoms. The van der Waals surface area contributed by atoms with E-state index in [4.69, 9.17) is 9.47 Å². The van der Waals surface area contributed by atoms with Crippen LogP contribution in [0.3, 0.4) is 0 Å². The molecule has 2 rings (SSSR count). The van der Waals surface area contributed by atoms with E-state index in [1.54, 1.807) is 13.3 Å². The molecule has 1 aromatic heterocycles. The SMILES string of the molecule is COC(C)(C)CCOc1ncccc1CNC1CC1. The van der Waals surface area contributed by atoms with Crippen molar-refractivity contribution in [3.8, 4) is 5.88 Å². The molecule has 0 spiro atoms. The fourth-order valence-corrected chi connectivity index (χ4v) is 1.73. The standard InChI is InChI=1S/C15H24N2O2/c1-15(2,18-3)8-10-19-14-12(5-4-9-16-14)11-17-13-6-7-13/h4-5,9,13,17H,6-8,10-11H2,1-3H3. The van der Waals surface area contributed by atoms with Gasteiger partial charge in [0.05, 0.1) is 12.2 Å². The van der Waals surface area contributed by atoms with Crippen molar-refractivity contribution in [1.29, 1.82) is 0 Å². The molecule has 4 nitrogen and oxygen atoms in total. The van der Waals surface area contributed by atoms with Crippen LogP contribution in [0.5, 0.6) is 5.88 Å². The van der Waals surface area contributed by atoms with Gasteiger partial charge in [-0.15, -0.1) is 0 Å². The summed E-state index contributed by atoms with van der Waals surface area (Å²) in [6.07, 6.45) is 5.20. The van der Waals surface area contributed by atoms with E-state index in [1.165, 1.54) is 12.8 Å². The van der Waals surface area contributed by atoms with Crippen LogP contribution < -0.4 is 10.1 Å². The molecule has 0 amide bonds. The first-order valence-corrected chi connectivity index (χ1v) is 6.96. The first-order valence-electron chi connectivity index (χ1n) is 6.96. The van der Waals surface area contributed by atoms with Crippen LogP contribution in [0, 0.1) is 0 Å². The lowest BCUT2D eigenvalue weighted by Crippen LogP contribution is -2.25. The number of ether oxygens (including phenoxy) is 2. The monoisotopic (exact) mass is 264 g/mol. The normalized spacial score (nSPS) is 15.5. The molecule has 1 aliphatic carbocycles. The zero-order valence-corrected chi connectivity index (χ0v) is 12.1. The summed E-state index contributed by atoms with van der Waals surface area (Å²) >= 11 is 0. The van der Waals surface area contributed by atoms with Gasteiger partial charge >= 0.3 is 0 Å². The number of hydrogen-bond donors (Lipinski definition) is 1. The number of methoxy groups -OCH3 is 1. The zero-order chi connectivity index (χ0) is 13.7. The molecule has 1 heterocycles. The van der Waals surface area contributed by atoms with Gasteiger partial charge < -0.3 is 14.8 Å². The minimum absolute atomic E-state index is 0.152. The second kappa shape index (κ2) is 6.35. The summed E-state index contributed by atoms with van der Waals surface area (Å²) in [5, 5.41) is 3.49. The Morgan fingerprint density at radius 3 is 2.89 bits per heavy atom. The molecule has 1 aromatic rings. The van der Waals surface area contributed by atoms with E-state index in [0.717, 1.165) is 24.4 Å². The molecule has 106 valence electrons. The van der Waals surface area contributed by atoms with Crippen molar-refractivity contribution in [2.24, 2.45) is 0 Å². The number of hydrogen-bond acceptors (Lipinski definition) is 4. The Morgan fingerprint density at radius 1 is 1.42 bits per heavy atom. The summed E-state index contributed by atoms with van der Waals surface area (Å²) in [4.78, 5) is 4.32. The maximum atomic E-state index is 5.80. The van der Waals surface area contributed by atoms with Crippen molar-refractivity contribution in [2.45, 2.75) is 51.3 Å². The summed E-state index contributed by atoms with van der Waals surface area (Å²) in [6.45, 7) is 5.57. The molecule has 1 N–H and O–H groups in total. The molecule has 0 radical (unpaired) electrons. The minimum atomic E-state index is -0.152. The van der Waals surface area contributed by atoms with Crippen LogP contribution in [0.1, 0.15) is 38.7 Å². The average Bonchev–Trinajstić information content (AvgIpc) is 3.21. The van der Waals surface area contributed by atoms with Gasteiger partial charge in [-0.2, -0.15) is 0 Å². The Bertz CT molecular complexity index is 403. The molecule has 1 fully saturated rings. The lowest BCUT2D eigenvalue weighted by molar-refractivity contribution is 0.00499. The van der Waals surface area contributed by atoms with Gasteiger partial charge in [-0.05, 0) is 32.8 Å². The van der Waals surface area contributed by atoms with Gasteiger partial charge in [0.15, 0.2) is 0 Å². The molecule has 0 unspecified atom stereocenters. The van der Waals surface area contributed by atoms with Crippen molar-refractivity contribution >= 4 is 0 Å². The third-order valence-electron chi connectivity index (χ3n) is 3.50. The van der Waals surface area contributed by atoms with Crippen molar-refractivity contribution in [1.82, 2.24) is 10.3 Å². The minimum Gasteiger partial charge on any atom is -0.477 e. The van der Waals surface area contributed by atoms with Crippen LogP contribution in [0.2, 0.25) is 0 Å². The Labute approximate surface area is 115 Å². The molecule has 0 bridgehead atoms. The van der Waals surface area contributed by atoms with Crippen molar-refractivity contribution in [2.75, 3.05) is 13.7 Å². The highest BCUT2D eigenvalue weighted by molar-refractivity contribution is 5.25. The lowest BCUT2D eigenvalue weighted by atomic mass is 10.1. The predicted octanol–water partition coefficient (Wildman–Crippen LogP) is 2.53. The van der Waals surface area contributed by atoms with Crippen molar-refractivity contribution in [3.63, 3.8) is 0 Å². The maximum Gasteiger partial charge on any atom is 0.217 e. The number of pyridine rings is 1. The lowest BCUT2D eigenvalue weighted by Gasteiger charge is -2.22. The van der Waals surface area contributed by atoms with Crippen molar-refractivity contribution in [3.05, 3.63) is 23.9 Å². The predicted molar refractivity (Wildman–Crippen MR) is 75.3 cm³/mol. The number of aromatic nitrogens is 1. The second-order valence-corrected chi connectivity index (χ2v) is 5.69. The van der Waals surface area contributed by atoms with E-state index in [1.807, 2.05) is 6.07 Å². The van der Waals surface area contributed by atoms with Crippen LogP contribution >= 0.6 is 0 Å². The van der Waals surface area contributed by atoms with E-state index < -0.39 is 0 Å². The van der Waals surface area contributed by atoms with E-state index in [2.05, 4.69) is 30.2 Å². The van der Waals surface area contributed by atoms with Gasteiger partial charge in [-0.1, -0.05) is 6.07 Å². The maximum absolute atomic E-state index is 5.80. The summed E-state index contributed by atoms with van der Waals surface area (Å²) in [5.41, 5.74) is 0.978. The van der Waals surface area contributed by atoms with Crippen LogP contribution in [0.4, 0.5) is 0 Å². The summed E-state index contributed by atoms with van der Waals surface area (Å²) in [6, 6.07) is 4.72. The smallest absolute Gasteiger partial charge is 0.217 e. The number of nitrogens with one attached hydrogen (secondary N) is 1. The Morgan fingerprint density at radius 2 is 2.21 bits per heavy atom. The molecule has 0 atom stereocenters. The molecule has 1 saturated carbocycles. The third kappa shape index (κ3) is 4.80. The molecule has 0 aliphatic heterocycles. The summed E-state index contributed by atoms with van der Waals surface area (Å²) in [7, 11) is 1.73. The van der Waals surface area contributed by atoms with Crippen LogP contribution in [-0.4, -0.2) is 30.3 Å². The third-order valence-corrected chi connectivity index (χ3v) is 3.50. The number of rotatable bonds is 8. The second-order valence-electron chi connectivity index (χ2n) is 5.69. The largest absolute Gasteiger partial charge is 0.477 e.